The van der Waals surface area contributed by atoms with Crippen molar-refractivity contribution in [2.45, 2.75) is 38.2 Å². The van der Waals surface area contributed by atoms with Gasteiger partial charge in [-0.2, -0.15) is 17.6 Å². The minimum Gasteiger partial charge on any atom is -0.371 e. The van der Waals surface area contributed by atoms with Crippen molar-refractivity contribution in [1.29, 1.82) is 0 Å². The topological polar surface area (TPSA) is 9.23 Å². The molecule has 0 radical (unpaired) electrons. The van der Waals surface area contributed by atoms with E-state index in [4.69, 9.17) is 0 Å². The van der Waals surface area contributed by atoms with Gasteiger partial charge in [0, 0.05) is 6.61 Å². The first-order valence-electron chi connectivity index (χ1n) is 4.14. The Morgan fingerprint density at radius 3 is 2.15 bits per heavy atom. The van der Waals surface area contributed by atoms with Crippen LogP contribution >= 0.6 is 0 Å². The molecule has 78 valence electrons. The van der Waals surface area contributed by atoms with Gasteiger partial charge in [0.05, 0.1) is 6.42 Å². The van der Waals surface area contributed by atoms with Crippen LogP contribution in [0, 0.1) is 5.92 Å². The Hall–Kier alpha value is -0.320. The summed E-state index contributed by atoms with van der Waals surface area (Å²) >= 11 is 0. The lowest BCUT2D eigenvalue weighted by atomic mass is 9.85. The van der Waals surface area contributed by atoms with Crippen LogP contribution in [0.3, 0.4) is 0 Å². The number of hydrogen-bond acceptors (Lipinski definition) is 1. The molecule has 1 rings (SSSR count). The van der Waals surface area contributed by atoms with E-state index in [1.807, 2.05) is 0 Å². The van der Waals surface area contributed by atoms with E-state index in [1.165, 1.54) is 0 Å². The van der Waals surface area contributed by atoms with Crippen molar-refractivity contribution in [3.63, 3.8) is 0 Å². The van der Waals surface area contributed by atoms with Crippen LogP contribution in [0.4, 0.5) is 17.6 Å². The summed E-state index contributed by atoms with van der Waals surface area (Å²) in [6, 6.07) is 0. The van der Waals surface area contributed by atoms with Gasteiger partial charge >= 0.3 is 11.8 Å². The molecule has 5 heteroatoms. The second-order valence-corrected chi connectivity index (χ2v) is 3.75. The molecule has 1 aliphatic carbocycles. The molecule has 0 aromatic rings. The zero-order chi connectivity index (χ0) is 10.3. The molecule has 0 heterocycles. The first-order chi connectivity index (χ1) is 5.77. The lowest BCUT2D eigenvalue weighted by molar-refractivity contribution is -0.341. The van der Waals surface area contributed by atoms with Crippen LogP contribution in [0.15, 0.2) is 0 Å². The van der Waals surface area contributed by atoms with Crippen molar-refractivity contribution in [2.75, 3.05) is 6.61 Å². The maximum absolute atomic E-state index is 12.6. The van der Waals surface area contributed by atoms with Crippen LogP contribution in [0.5, 0.6) is 0 Å². The van der Waals surface area contributed by atoms with Gasteiger partial charge in [0.2, 0.25) is 0 Å². The molecule has 1 unspecified atom stereocenters. The van der Waals surface area contributed by atoms with E-state index in [2.05, 4.69) is 4.74 Å². The quantitative estimate of drug-likeness (QED) is 0.636. The van der Waals surface area contributed by atoms with Crippen molar-refractivity contribution in [3.8, 4) is 0 Å². The van der Waals surface area contributed by atoms with Gasteiger partial charge in [-0.05, 0) is 5.92 Å². The van der Waals surface area contributed by atoms with Gasteiger partial charge in [-0.25, -0.2) is 0 Å². The SMILES string of the molecule is CC(C)COC1CC(F)(F)C1(F)F. The van der Waals surface area contributed by atoms with E-state index in [9.17, 15) is 17.6 Å². The van der Waals surface area contributed by atoms with Gasteiger partial charge in [-0.1, -0.05) is 13.8 Å². The van der Waals surface area contributed by atoms with Gasteiger partial charge in [0.25, 0.3) is 0 Å². The van der Waals surface area contributed by atoms with Gasteiger partial charge in [-0.3, -0.25) is 0 Å². The third-order valence-corrected chi connectivity index (χ3v) is 1.96. The average Bonchev–Trinajstić information content (AvgIpc) is 1.97. The fourth-order valence-electron chi connectivity index (χ4n) is 1.07. The number of halogens is 4. The first kappa shape index (κ1) is 10.8. The Morgan fingerprint density at radius 2 is 1.85 bits per heavy atom. The van der Waals surface area contributed by atoms with E-state index in [-0.39, 0.29) is 12.5 Å². The molecule has 0 amide bonds. The molecule has 0 N–H and O–H groups in total. The molecule has 1 saturated carbocycles. The highest BCUT2D eigenvalue weighted by molar-refractivity contribution is 5.04. The monoisotopic (exact) mass is 200 g/mol. The summed E-state index contributed by atoms with van der Waals surface area (Å²) < 4.78 is 54.3. The zero-order valence-corrected chi connectivity index (χ0v) is 7.49. The molecule has 1 nitrogen and oxygen atoms in total. The third-order valence-electron chi connectivity index (χ3n) is 1.96. The molecule has 0 saturated heterocycles. The molecule has 0 spiro atoms. The van der Waals surface area contributed by atoms with Gasteiger partial charge in [0.15, 0.2) is 0 Å². The number of alkyl halides is 4. The van der Waals surface area contributed by atoms with Crippen molar-refractivity contribution in [2.24, 2.45) is 5.92 Å². The predicted octanol–water partition coefficient (Wildman–Crippen LogP) is 2.70. The van der Waals surface area contributed by atoms with Crippen molar-refractivity contribution >= 4 is 0 Å². The Bertz CT molecular complexity index is 191. The summed E-state index contributed by atoms with van der Waals surface area (Å²) in [5.74, 6) is -7.79. The lowest BCUT2D eigenvalue weighted by Crippen LogP contribution is -2.63. The van der Waals surface area contributed by atoms with Crippen LogP contribution in [0.25, 0.3) is 0 Å². The van der Waals surface area contributed by atoms with Gasteiger partial charge < -0.3 is 4.74 Å². The molecular formula is C8H12F4O. The van der Waals surface area contributed by atoms with Crippen molar-refractivity contribution in [3.05, 3.63) is 0 Å². The lowest BCUT2D eigenvalue weighted by Gasteiger charge is -2.43. The highest BCUT2D eigenvalue weighted by Gasteiger charge is 2.72. The van der Waals surface area contributed by atoms with Gasteiger partial charge in [-0.15, -0.1) is 0 Å². The fraction of sp³-hybridized carbons (Fsp3) is 1.00. The van der Waals surface area contributed by atoms with E-state index < -0.39 is 24.4 Å². The Morgan fingerprint density at radius 1 is 1.31 bits per heavy atom. The Labute approximate surface area is 74.1 Å². The predicted molar refractivity (Wildman–Crippen MR) is 39.1 cm³/mol. The van der Waals surface area contributed by atoms with Crippen LogP contribution in [0.2, 0.25) is 0 Å². The molecule has 0 bridgehead atoms. The molecule has 1 aliphatic rings. The van der Waals surface area contributed by atoms with Crippen LogP contribution < -0.4 is 0 Å². The number of hydrogen-bond donors (Lipinski definition) is 0. The average molecular weight is 200 g/mol. The van der Waals surface area contributed by atoms with Crippen molar-refractivity contribution < 1.29 is 22.3 Å². The summed E-state index contributed by atoms with van der Waals surface area (Å²) in [5, 5.41) is 0. The van der Waals surface area contributed by atoms with Gasteiger partial charge in [0.1, 0.15) is 6.10 Å². The van der Waals surface area contributed by atoms with E-state index in [1.54, 1.807) is 13.8 Å². The summed E-state index contributed by atoms with van der Waals surface area (Å²) in [6.07, 6.45) is -2.47. The number of rotatable bonds is 3. The molecule has 13 heavy (non-hydrogen) atoms. The van der Waals surface area contributed by atoms with Crippen LogP contribution in [0.1, 0.15) is 20.3 Å². The normalized spacial score (nSPS) is 30.2. The van der Waals surface area contributed by atoms with E-state index >= 15 is 0 Å². The molecule has 1 atom stereocenters. The summed E-state index contributed by atoms with van der Waals surface area (Å²) in [4.78, 5) is 0. The summed E-state index contributed by atoms with van der Waals surface area (Å²) in [7, 11) is 0. The second kappa shape index (κ2) is 3.12. The summed E-state index contributed by atoms with van der Waals surface area (Å²) in [6.45, 7) is 3.64. The first-order valence-corrected chi connectivity index (χ1v) is 4.14. The highest BCUT2D eigenvalue weighted by Crippen LogP contribution is 2.52. The molecule has 0 aromatic heterocycles. The second-order valence-electron chi connectivity index (χ2n) is 3.75. The number of ether oxygens (including phenoxy) is 1. The van der Waals surface area contributed by atoms with Crippen molar-refractivity contribution in [1.82, 2.24) is 0 Å². The smallest absolute Gasteiger partial charge is 0.335 e. The molecular weight excluding hydrogens is 188 g/mol. The maximum Gasteiger partial charge on any atom is 0.335 e. The third kappa shape index (κ3) is 1.80. The van der Waals surface area contributed by atoms with Crippen LogP contribution in [-0.4, -0.2) is 24.6 Å². The minimum absolute atomic E-state index is 0.0741. The summed E-state index contributed by atoms with van der Waals surface area (Å²) in [5.41, 5.74) is 0. The van der Waals surface area contributed by atoms with E-state index in [0.717, 1.165) is 0 Å². The Balaban J connectivity index is 2.41. The standard InChI is InChI=1S/C8H12F4O/c1-5(2)4-13-6-3-7(9,10)8(6,11)12/h5-6H,3-4H2,1-2H3. The largest absolute Gasteiger partial charge is 0.371 e. The maximum atomic E-state index is 12.6. The molecule has 1 fully saturated rings. The van der Waals surface area contributed by atoms with Crippen LogP contribution in [-0.2, 0) is 4.74 Å². The molecule has 0 aromatic carbocycles. The zero-order valence-electron chi connectivity index (χ0n) is 7.49. The Kier molecular flexibility index (Phi) is 2.58. The molecule has 0 aliphatic heterocycles. The van der Waals surface area contributed by atoms with E-state index in [0.29, 0.717) is 0 Å². The minimum atomic E-state index is -3.98. The fourth-order valence-corrected chi connectivity index (χ4v) is 1.07. The highest BCUT2D eigenvalue weighted by atomic mass is 19.3.